The normalized spacial score (nSPS) is 19.8. The number of hydrogen-bond donors (Lipinski definition) is 2. The minimum atomic E-state index is -3.36. The Morgan fingerprint density at radius 1 is 0.947 bits per heavy atom. The van der Waals surface area contributed by atoms with Crippen LogP contribution in [0, 0.1) is 11.8 Å². The quantitative estimate of drug-likeness (QED) is 0.385. The highest BCUT2D eigenvalue weighted by Gasteiger charge is 2.28. The molecule has 3 fully saturated rings. The Bertz CT molecular complexity index is 1260. The molecule has 1 aliphatic heterocycles. The molecule has 38 heavy (non-hydrogen) atoms. The van der Waals surface area contributed by atoms with E-state index in [0.717, 1.165) is 42.8 Å². The Balaban J connectivity index is 1.23. The lowest BCUT2D eigenvalue weighted by atomic mass is 10.0. The number of piperidine rings is 1. The minimum absolute atomic E-state index is 0.136. The topological polar surface area (TPSA) is 109 Å². The summed E-state index contributed by atoms with van der Waals surface area (Å²) in [6, 6.07) is 12.1. The molecule has 0 bridgehead atoms. The van der Waals surface area contributed by atoms with Crippen LogP contribution in [0.1, 0.15) is 50.5 Å². The molecule has 5 rings (SSSR count). The lowest BCUT2D eigenvalue weighted by Gasteiger charge is -2.32. The molecule has 2 saturated carbocycles. The molecule has 1 saturated heterocycles. The van der Waals surface area contributed by atoms with Crippen molar-refractivity contribution in [3.63, 3.8) is 0 Å². The monoisotopic (exact) mass is 540 g/mol. The zero-order valence-corrected chi connectivity index (χ0v) is 22.6. The van der Waals surface area contributed by atoms with Crippen LogP contribution in [0.3, 0.4) is 0 Å². The van der Waals surface area contributed by atoms with Gasteiger partial charge in [0, 0.05) is 17.9 Å². The van der Waals surface area contributed by atoms with Gasteiger partial charge >= 0.3 is 0 Å². The Labute approximate surface area is 224 Å². The number of rotatable bonds is 12. The van der Waals surface area contributed by atoms with E-state index in [1.54, 1.807) is 30.5 Å². The van der Waals surface area contributed by atoms with E-state index < -0.39 is 10.0 Å². The number of carbonyl (C=O) groups is 1. The summed E-state index contributed by atoms with van der Waals surface area (Å²) in [7, 11) is -3.36. The van der Waals surface area contributed by atoms with Crippen LogP contribution in [0.4, 0.5) is 11.4 Å². The number of amides is 1. The maximum absolute atomic E-state index is 13.1. The van der Waals surface area contributed by atoms with E-state index in [1.807, 2.05) is 23.2 Å². The van der Waals surface area contributed by atoms with E-state index in [4.69, 9.17) is 9.47 Å². The van der Waals surface area contributed by atoms with E-state index in [2.05, 4.69) is 15.1 Å². The van der Waals surface area contributed by atoms with E-state index in [1.165, 1.54) is 25.7 Å². The van der Waals surface area contributed by atoms with E-state index in [-0.39, 0.29) is 11.9 Å². The molecule has 10 heteroatoms. The maximum Gasteiger partial charge on any atom is 0.248 e. The third kappa shape index (κ3) is 7.86. The predicted octanol–water partition coefficient (Wildman–Crippen LogP) is 4.46. The van der Waals surface area contributed by atoms with Crippen molar-refractivity contribution in [2.75, 3.05) is 36.1 Å². The molecule has 1 unspecified atom stereocenters. The molecule has 2 aliphatic carbocycles. The molecular weight excluding hydrogens is 504 g/mol. The van der Waals surface area contributed by atoms with Crippen LogP contribution in [0.15, 0.2) is 47.6 Å². The van der Waals surface area contributed by atoms with Crippen LogP contribution in [0.25, 0.3) is 0 Å². The second kappa shape index (κ2) is 11.6. The summed E-state index contributed by atoms with van der Waals surface area (Å²) in [5.41, 5.74) is 1.94. The van der Waals surface area contributed by atoms with E-state index in [9.17, 15) is 13.2 Å². The number of carbonyl (C=O) groups excluding carboxylic acids is 1. The maximum atomic E-state index is 13.1. The molecule has 0 spiro atoms. The second-order valence-electron chi connectivity index (χ2n) is 10.6. The molecule has 9 nitrogen and oxygen atoms in total. The summed E-state index contributed by atoms with van der Waals surface area (Å²) in [5, 5.41) is 9.48. The van der Waals surface area contributed by atoms with Crippen molar-refractivity contribution < 1.29 is 22.7 Å². The third-order valence-corrected chi connectivity index (χ3v) is 7.51. The molecule has 0 aromatic heterocycles. The highest BCUT2D eigenvalue weighted by molar-refractivity contribution is 7.92. The van der Waals surface area contributed by atoms with Crippen LogP contribution in [-0.4, -0.2) is 57.6 Å². The Morgan fingerprint density at radius 3 is 2.26 bits per heavy atom. The van der Waals surface area contributed by atoms with Gasteiger partial charge in [0.15, 0.2) is 11.5 Å². The van der Waals surface area contributed by atoms with Crippen molar-refractivity contribution >= 4 is 33.5 Å². The summed E-state index contributed by atoms with van der Waals surface area (Å²) in [6.07, 6.45) is 10.4. The zero-order valence-electron chi connectivity index (χ0n) is 21.8. The van der Waals surface area contributed by atoms with Crippen molar-refractivity contribution in [1.29, 1.82) is 0 Å². The molecule has 2 N–H and O–H groups in total. The molecule has 1 atom stereocenters. The average Bonchev–Trinajstić information content (AvgIpc) is 3.81. The van der Waals surface area contributed by atoms with Gasteiger partial charge in [-0.2, -0.15) is 5.10 Å². The molecular formula is C28H36N4O5S. The smallest absolute Gasteiger partial charge is 0.248 e. The van der Waals surface area contributed by atoms with Crippen molar-refractivity contribution in [2.45, 2.75) is 51.0 Å². The summed E-state index contributed by atoms with van der Waals surface area (Å²) in [4.78, 5) is 13.1. The molecule has 1 amide bonds. The number of nitrogens with zero attached hydrogens (tertiary/aromatic N) is 2. The molecule has 0 radical (unpaired) electrons. The third-order valence-electron chi connectivity index (χ3n) is 6.90. The standard InChI is InChI=1S/C28H36N4O5S/c1-38(34,35)31-24-12-10-23(11-13-24)30-28(33)25-4-2-3-15-32(25)29-17-22-9-14-26(36-18-20-5-6-20)27(16-22)37-19-21-7-8-21/h9-14,16-17,20-21,25,31H,2-8,15,18-19H2,1H3,(H,30,33)/b29-17+. The molecule has 204 valence electrons. The number of benzene rings is 2. The van der Waals surface area contributed by atoms with E-state index in [0.29, 0.717) is 42.8 Å². The number of ether oxygens (including phenoxy) is 2. The number of sulfonamides is 1. The van der Waals surface area contributed by atoms with Crippen molar-refractivity contribution in [3.05, 3.63) is 48.0 Å². The van der Waals surface area contributed by atoms with Crippen molar-refractivity contribution in [1.82, 2.24) is 5.01 Å². The summed E-state index contributed by atoms with van der Waals surface area (Å²) < 4.78 is 37.4. The molecule has 2 aromatic rings. The van der Waals surface area contributed by atoms with Gasteiger partial charge in [0.25, 0.3) is 0 Å². The molecule has 2 aromatic carbocycles. The van der Waals surface area contributed by atoms with Gasteiger partial charge in [-0.05, 0) is 105 Å². The van der Waals surface area contributed by atoms with Gasteiger partial charge in [0.05, 0.1) is 25.7 Å². The van der Waals surface area contributed by atoms with Crippen LogP contribution < -0.4 is 19.5 Å². The number of anilines is 2. The average molecular weight is 541 g/mol. The van der Waals surface area contributed by atoms with Gasteiger partial charge in [-0.25, -0.2) is 8.42 Å². The summed E-state index contributed by atoms with van der Waals surface area (Å²) >= 11 is 0. The van der Waals surface area contributed by atoms with Crippen LogP contribution >= 0.6 is 0 Å². The first-order valence-electron chi connectivity index (χ1n) is 13.4. The van der Waals surface area contributed by atoms with Crippen molar-refractivity contribution in [2.24, 2.45) is 16.9 Å². The number of hydrazone groups is 1. The molecule has 3 aliphatic rings. The van der Waals surface area contributed by atoms with Gasteiger partial charge < -0.3 is 14.8 Å². The lowest BCUT2D eigenvalue weighted by molar-refractivity contribution is -0.122. The largest absolute Gasteiger partial charge is 0.489 e. The van der Waals surface area contributed by atoms with Gasteiger partial charge in [-0.1, -0.05) is 0 Å². The first-order chi connectivity index (χ1) is 18.3. The van der Waals surface area contributed by atoms with E-state index >= 15 is 0 Å². The van der Waals surface area contributed by atoms with Crippen LogP contribution in [0.2, 0.25) is 0 Å². The van der Waals surface area contributed by atoms with Crippen LogP contribution in [-0.2, 0) is 14.8 Å². The van der Waals surface area contributed by atoms with Gasteiger partial charge in [0.1, 0.15) is 6.04 Å². The minimum Gasteiger partial charge on any atom is -0.489 e. The Morgan fingerprint density at radius 2 is 1.61 bits per heavy atom. The number of hydrogen-bond acceptors (Lipinski definition) is 7. The highest BCUT2D eigenvalue weighted by Crippen LogP contribution is 2.35. The zero-order chi connectivity index (χ0) is 26.5. The SMILES string of the molecule is CS(=O)(=O)Nc1ccc(NC(=O)C2CCCCN2/N=C/c2ccc(OCC3CC3)c(OCC3CC3)c2)cc1. The fourth-order valence-electron chi connectivity index (χ4n) is 4.34. The van der Waals surface area contributed by atoms with Crippen molar-refractivity contribution in [3.8, 4) is 11.5 Å². The lowest BCUT2D eigenvalue weighted by Crippen LogP contribution is -2.44. The number of nitrogens with one attached hydrogen (secondary N) is 2. The van der Waals surface area contributed by atoms with Crippen LogP contribution in [0.5, 0.6) is 11.5 Å². The highest BCUT2D eigenvalue weighted by atomic mass is 32.2. The Hall–Kier alpha value is -3.27. The Kier molecular flexibility index (Phi) is 8.06. The first kappa shape index (κ1) is 26.3. The summed E-state index contributed by atoms with van der Waals surface area (Å²) in [6.45, 7) is 2.13. The second-order valence-corrected chi connectivity index (χ2v) is 12.3. The van der Waals surface area contributed by atoms with Gasteiger partial charge in [-0.3, -0.25) is 14.5 Å². The fraction of sp³-hybridized carbons (Fsp3) is 0.500. The fourth-order valence-corrected chi connectivity index (χ4v) is 4.91. The molecule has 1 heterocycles. The van der Waals surface area contributed by atoms with Gasteiger partial charge in [0.2, 0.25) is 15.9 Å². The van der Waals surface area contributed by atoms with Gasteiger partial charge in [-0.15, -0.1) is 0 Å². The first-order valence-corrected chi connectivity index (χ1v) is 15.3. The predicted molar refractivity (Wildman–Crippen MR) is 148 cm³/mol. The summed E-state index contributed by atoms with van der Waals surface area (Å²) in [5.74, 6) is 2.70.